The van der Waals surface area contributed by atoms with Crippen LogP contribution >= 0.6 is 15.9 Å². The van der Waals surface area contributed by atoms with Crippen molar-refractivity contribution >= 4 is 33.5 Å². The maximum atomic E-state index is 11.9. The molecule has 6 heteroatoms. The van der Waals surface area contributed by atoms with E-state index in [1.165, 1.54) is 7.11 Å². The number of hydrogen-bond acceptors (Lipinski definition) is 4. The molecule has 1 amide bonds. The van der Waals surface area contributed by atoms with Gasteiger partial charge < -0.3 is 10.1 Å². The van der Waals surface area contributed by atoms with Crippen molar-refractivity contribution in [3.05, 3.63) is 28.2 Å². The Morgan fingerprint density at radius 3 is 2.70 bits per heavy atom. The number of methoxy groups -OCH3 is 1. The molecule has 0 aliphatic carbocycles. The third-order valence-corrected chi connectivity index (χ3v) is 3.29. The lowest BCUT2D eigenvalue weighted by atomic mass is 10.2. The van der Waals surface area contributed by atoms with Gasteiger partial charge in [-0.05, 0) is 37.7 Å². The lowest BCUT2D eigenvalue weighted by molar-refractivity contribution is -0.141. The monoisotopic (exact) mass is 342 g/mol. The Morgan fingerprint density at radius 2 is 2.10 bits per heavy atom. The molecule has 1 N–H and O–H groups in total. The molecule has 1 rings (SSSR count). The maximum Gasteiger partial charge on any atom is 0.306 e. The second-order valence-corrected chi connectivity index (χ2v) is 5.49. The van der Waals surface area contributed by atoms with Gasteiger partial charge in [-0.25, -0.2) is 0 Å². The van der Waals surface area contributed by atoms with Crippen molar-refractivity contribution in [2.45, 2.75) is 13.3 Å². The molecule has 0 aliphatic heterocycles. The highest BCUT2D eigenvalue weighted by molar-refractivity contribution is 9.10. The average molecular weight is 343 g/mol. The van der Waals surface area contributed by atoms with E-state index in [0.717, 1.165) is 15.7 Å². The van der Waals surface area contributed by atoms with Gasteiger partial charge in [-0.3, -0.25) is 14.5 Å². The first-order chi connectivity index (χ1) is 9.42. The number of rotatable bonds is 6. The molecule has 0 bridgehead atoms. The summed E-state index contributed by atoms with van der Waals surface area (Å²) in [7, 11) is 3.14. The predicted molar refractivity (Wildman–Crippen MR) is 81.6 cm³/mol. The standard InChI is InChI=1S/C14H19BrN2O3/c1-10-8-11(15)4-5-12(10)16-13(18)9-17(2)7-6-14(19)20-3/h4-5,8H,6-7,9H2,1-3H3,(H,16,18). The third kappa shape index (κ3) is 5.71. The highest BCUT2D eigenvalue weighted by Gasteiger charge is 2.10. The van der Waals surface area contributed by atoms with Gasteiger partial charge in [-0.2, -0.15) is 0 Å². The van der Waals surface area contributed by atoms with Crippen molar-refractivity contribution in [3.63, 3.8) is 0 Å². The van der Waals surface area contributed by atoms with Crippen LogP contribution in [0.3, 0.4) is 0 Å². The largest absolute Gasteiger partial charge is 0.469 e. The van der Waals surface area contributed by atoms with E-state index in [1.807, 2.05) is 25.1 Å². The van der Waals surface area contributed by atoms with E-state index < -0.39 is 0 Å². The molecule has 0 atom stereocenters. The second-order valence-electron chi connectivity index (χ2n) is 4.57. The molecule has 1 aromatic rings. The van der Waals surface area contributed by atoms with E-state index in [4.69, 9.17) is 0 Å². The summed E-state index contributed by atoms with van der Waals surface area (Å²) in [6.45, 7) is 2.65. The van der Waals surface area contributed by atoms with Gasteiger partial charge in [-0.1, -0.05) is 15.9 Å². The number of halogens is 1. The number of amides is 1. The molecular weight excluding hydrogens is 324 g/mol. The van der Waals surface area contributed by atoms with Crippen LogP contribution in [0.4, 0.5) is 5.69 Å². The van der Waals surface area contributed by atoms with Crippen LogP contribution < -0.4 is 5.32 Å². The highest BCUT2D eigenvalue weighted by Crippen LogP contribution is 2.19. The van der Waals surface area contributed by atoms with Gasteiger partial charge in [0.15, 0.2) is 0 Å². The van der Waals surface area contributed by atoms with E-state index in [2.05, 4.69) is 26.0 Å². The number of nitrogens with one attached hydrogen (secondary N) is 1. The number of nitrogens with zero attached hydrogens (tertiary/aromatic N) is 1. The fourth-order valence-corrected chi connectivity index (χ4v) is 2.14. The van der Waals surface area contributed by atoms with Crippen LogP contribution in [0.5, 0.6) is 0 Å². The molecule has 0 saturated heterocycles. The summed E-state index contributed by atoms with van der Waals surface area (Å²) in [5.41, 5.74) is 1.78. The number of benzene rings is 1. The lowest BCUT2D eigenvalue weighted by Crippen LogP contribution is -2.32. The van der Waals surface area contributed by atoms with E-state index in [1.54, 1.807) is 11.9 Å². The number of carbonyl (C=O) groups excluding carboxylic acids is 2. The average Bonchev–Trinajstić information content (AvgIpc) is 2.39. The molecule has 0 radical (unpaired) electrons. The maximum absolute atomic E-state index is 11.9. The molecule has 0 aromatic heterocycles. The Kier molecular flexibility index (Phi) is 6.67. The molecule has 20 heavy (non-hydrogen) atoms. The summed E-state index contributed by atoms with van der Waals surface area (Å²) in [6, 6.07) is 5.67. The van der Waals surface area contributed by atoms with Crippen LogP contribution in [-0.4, -0.2) is 44.0 Å². The van der Waals surface area contributed by atoms with Crippen molar-refractivity contribution in [1.82, 2.24) is 4.90 Å². The van der Waals surface area contributed by atoms with Crippen LogP contribution in [0.25, 0.3) is 0 Å². The number of ether oxygens (including phenoxy) is 1. The summed E-state index contributed by atoms with van der Waals surface area (Å²) in [4.78, 5) is 24.7. The number of esters is 1. The minimum absolute atomic E-state index is 0.109. The van der Waals surface area contributed by atoms with Crippen molar-refractivity contribution in [2.75, 3.05) is 32.6 Å². The molecule has 0 aliphatic rings. The zero-order valence-electron chi connectivity index (χ0n) is 11.9. The lowest BCUT2D eigenvalue weighted by Gasteiger charge is -2.16. The van der Waals surface area contributed by atoms with Gasteiger partial charge in [-0.15, -0.1) is 0 Å². The quantitative estimate of drug-likeness (QED) is 0.805. The first-order valence-electron chi connectivity index (χ1n) is 6.23. The van der Waals surface area contributed by atoms with Crippen molar-refractivity contribution in [2.24, 2.45) is 0 Å². The number of hydrogen-bond donors (Lipinski definition) is 1. The molecule has 0 saturated carbocycles. The van der Waals surface area contributed by atoms with Gasteiger partial charge in [0, 0.05) is 16.7 Å². The van der Waals surface area contributed by atoms with Gasteiger partial charge in [0.2, 0.25) is 5.91 Å². The SMILES string of the molecule is COC(=O)CCN(C)CC(=O)Nc1ccc(Br)cc1C. The summed E-state index contributed by atoms with van der Waals surface area (Å²) >= 11 is 3.38. The van der Waals surface area contributed by atoms with Crippen LogP contribution in [-0.2, 0) is 14.3 Å². The van der Waals surface area contributed by atoms with Gasteiger partial charge >= 0.3 is 5.97 Å². The summed E-state index contributed by atoms with van der Waals surface area (Å²) in [5.74, 6) is -0.385. The normalized spacial score (nSPS) is 10.4. The van der Waals surface area contributed by atoms with E-state index in [-0.39, 0.29) is 24.8 Å². The van der Waals surface area contributed by atoms with Crippen molar-refractivity contribution in [1.29, 1.82) is 0 Å². The molecule has 0 spiro atoms. The minimum atomic E-state index is -0.277. The molecule has 0 heterocycles. The molecule has 0 fully saturated rings. The first-order valence-corrected chi connectivity index (χ1v) is 7.03. The fourth-order valence-electron chi connectivity index (χ4n) is 1.67. The van der Waals surface area contributed by atoms with Crippen LogP contribution in [0.1, 0.15) is 12.0 Å². The molecular formula is C14H19BrN2O3. The zero-order valence-corrected chi connectivity index (χ0v) is 13.5. The number of carbonyl (C=O) groups is 2. The Balaban J connectivity index is 2.45. The Bertz CT molecular complexity index is 491. The summed E-state index contributed by atoms with van der Waals surface area (Å²) < 4.78 is 5.53. The molecule has 1 aromatic carbocycles. The van der Waals surface area contributed by atoms with Crippen LogP contribution in [0.2, 0.25) is 0 Å². The Labute approximate surface area is 127 Å². The molecule has 0 unspecified atom stereocenters. The number of anilines is 1. The Morgan fingerprint density at radius 1 is 1.40 bits per heavy atom. The van der Waals surface area contributed by atoms with Crippen molar-refractivity contribution in [3.8, 4) is 0 Å². The Hall–Kier alpha value is -1.40. The van der Waals surface area contributed by atoms with E-state index >= 15 is 0 Å². The van der Waals surface area contributed by atoms with Crippen LogP contribution in [0.15, 0.2) is 22.7 Å². The summed E-state index contributed by atoms with van der Waals surface area (Å²) in [6.07, 6.45) is 0.275. The highest BCUT2D eigenvalue weighted by atomic mass is 79.9. The van der Waals surface area contributed by atoms with Crippen molar-refractivity contribution < 1.29 is 14.3 Å². The third-order valence-electron chi connectivity index (χ3n) is 2.80. The first kappa shape index (κ1) is 16.7. The summed E-state index contributed by atoms with van der Waals surface area (Å²) in [5, 5.41) is 2.85. The van der Waals surface area contributed by atoms with Gasteiger partial charge in [0.25, 0.3) is 0 Å². The van der Waals surface area contributed by atoms with Gasteiger partial charge in [0.05, 0.1) is 20.1 Å². The second kappa shape index (κ2) is 8.01. The predicted octanol–water partition coefficient (Wildman–Crippen LogP) is 2.19. The molecule has 5 nitrogen and oxygen atoms in total. The zero-order chi connectivity index (χ0) is 15.1. The fraction of sp³-hybridized carbons (Fsp3) is 0.429. The molecule has 110 valence electrons. The number of aryl methyl sites for hydroxylation is 1. The van der Waals surface area contributed by atoms with E-state index in [9.17, 15) is 9.59 Å². The van der Waals surface area contributed by atoms with Crippen LogP contribution in [0, 0.1) is 6.92 Å². The smallest absolute Gasteiger partial charge is 0.306 e. The minimum Gasteiger partial charge on any atom is -0.469 e. The topological polar surface area (TPSA) is 58.6 Å². The number of likely N-dealkylation sites (N-methyl/N-ethyl adjacent to an activating group) is 1. The van der Waals surface area contributed by atoms with Gasteiger partial charge in [0.1, 0.15) is 0 Å². The van der Waals surface area contributed by atoms with E-state index in [0.29, 0.717) is 6.54 Å².